The first-order chi connectivity index (χ1) is 18.3. The summed E-state index contributed by atoms with van der Waals surface area (Å²) in [6.07, 6.45) is 0.624. The highest BCUT2D eigenvalue weighted by Crippen LogP contribution is 2.44. The van der Waals surface area contributed by atoms with Gasteiger partial charge in [-0.2, -0.15) is 13.8 Å². The van der Waals surface area contributed by atoms with E-state index in [4.69, 9.17) is 19.9 Å². The Morgan fingerprint density at radius 2 is 1.87 bits per heavy atom. The van der Waals surface area contributed by atoms with Crippen LogP contribution in [0.15, 0.2) is 17.1 Å². The average molecular weight is 559 g/mol. The van der Waals surface area contributed by atoms with Gasteiger partial charge >= 0.3 is 23.6 Å². The minimum Gasteiger partial charge on any atom is -0.463 e. The Morgan fingerprint density at radius 1 is 1.18 bits per heavy atom. The maximum Gasteiger partial charge on any atom is 0.351 e. The Morgan fingerprint density at radius 3 is 2.44 bits per heavy atom. The number of nitrogens with zero attached hydrogens (tertiary/aromatic N) is 2. The second-order valence-electron chi connectivity index (χ2n) is 10.8. The van der Waals surface area contributed by atoms with Gasteiger partial charge in [0, 0.05) is 12.7 Å². The number of esters is 2. The maximum atomic E-state index is 15.7. The van der Waals surface area contributed by atoms with E-state index in [1.54, 1.807) is 27.7 Å². The molecule has 0 aliphatic carbocycles. The van der Waals surface area contributed by atoms with Gasteiger partial charge in [-0.3, -0.25) is 14.2 Å². The van der Waals surface area contributed by atoms with Gasteiger partial charge in [0.15, 0.2) is 6.10 Å². The van der Waals surface area contributed by atoms with Crippen molar-refractivity contribution >= 4 is 17.8 Å². The van der Waals surface area contributed by atoms with E-state index in [0.29, 0.717) is 17.0 Å². The quantitative estimate of drug-likeness (QED) is 0.307. The van der Waals surface area contributed by atoms with E-state index >= 15 is 8.78 Å². The highest BCUT2D eigenvalue weighted by atomic mass is 19.3. The number of alkyl halides is 2. The van der Waals surface area contributed by atoms with Gasteiger partial charge in [-0.1, -0.05) is 60.8 Å². The highest BCUT2D eigenvalue weighted by Gasteiger charge is 2.63. The summed E-state index contributed by atoms with van der Waals surface area (Å²) in [5, 5.41) is 3.13. The van der Waals surface area contributed by atoms with Crippen LogP contribution in [0, 0.1) is 17.8 Å². The zero-order valence-corrected chi connectivity index (χ0v) is 23.8. The summed E-state index contributed by atoms with van der Waals surface area (Å²) < 4.78 is 47.7. The second-order valence-corrected chi connectivity index (χ2v) is 10.8. The number of hydrogen-bond donors (Lipinski definition) is 2. The van der Waals surface area contributed by atoms with Gasteiger partial charge in [-0.05, 0) is 30.7 Å². The van der Waals surface area contributed by atoms with E-state index < -0.39 is 60.6 Å². The largest absolute Gasteiger partial charge is 0.463 e. The molecule has 3 N–H and O–H groups in total. The Bertz CT molecular complexity index is 1000. The molecule has 0 spiro atoms. The molecule has 0 saturated carbocycles. The molecule has 1 fully saturated rings. The third kappa shape index (κ3) is 8.69. The molecule has 5 atom stereocenters. The summed E-state index contributed by atoms with van der Waals surface area (Å²) in [7, 11) is 0. The number of hydrogen-bond acceptors (Lipinski definition) is 9. The molecule has 0 amide bonds. The molecule has 1 aliphatic rings. The molecule has 0 bridgehead atoms. The lowest BCUT2D eigenvalue weighted by molar-refractivity contribution is -0.179. The van der Waals surface area contributed by atoms with Crippen LogP contribution < -0.4 is 16.7 Å². The minimum absolute atomic E-state index is 0.267. The van der Waals surface area contributed by atoms with Crippen LogP contribution in [0.4, 0.5) is 14.6 Å². The van der Waals surface area contributed by atoms with Gasteiger partial charge in [-0.25, -0.2) is 4.79 Å². The van der Waals surface area contributed by atoms with Gasteiger partial charge in [-0.15, -0.1) is 0 Å². The molecule has 12 heteroatoms. The molecule has 0 aromatic carbocycles. The summed E-state index contributed by atoms with van der Waals surface area (Å²) >= 11 is 0. The fourth-order valence-corrected chi connectivity index (χ4v) is 4.24. The third-order valence-corrected chi connectivity index (χ3v) is 6.76. The van der Waals surface area contributed by atoms with Crippen molar-refractivity contribution in [3.8, 4) is 0 Å². The Balaban J connectivity index is 2.27. The van der Waals surface area contributed by atoms with Crippen LogP contribution in [0.25, 0.3) is 0 Å². The number of carbonyl (C=O) groups excluding carboxylic acids is 2. The molecular formula is C27H44F2N4O6. The van der Waals surface area contributed by atoms with Gasteiger partial charge in [0.05, 0.1) is 5.92 Å². The topological polar surface area (TPSA) is 135 Å². The van der Waals surface area contributed by atoms with E-state index in [0.717, 1.165) is 32.1 Å². The minimum atomic E-state index is -3.85. The molecule has 1 aromatic heterocycles. The van der Waals surface area contributed by atoms with Gasteiger partial charge in [0.2, 0.25) is 6.23 Å². The average Bonchev–Trinajstić information content (AvgIpc) is 3.12. The van der Waals surface area contributed by atoms with E-state index in [1.165, 1.54) is 12.3 Å². The van der Waals surface area contributed by atoms with Crippen molar-refractivity contribution in [2.45, 2.75) is 104 Å². The van der Waals surface area contributed by atoms with E-state index in [-0.39, 0.29) is 11.7 Å². The van der Waals surface area contributed by atoms with Crippen LogP contribution in [0.3, 0.4) is 0 Å². The summed E-state index contributed by atoms with van der Waals surface area (Å²) in [4.78, 5) is 41.2. The normalized spacial score (nSPS) is 22.1. The first-order valence-electron chi connectivity index (χ1n) is 13.8. The van der Waals surface area contributed by atoms with Crippen LogP contribution in [-0.2, 0) is 23.8 Å². The predicted molar refractivity (Wildman–Crippen MR) is 142 cm³/mol. The SMILES string of the molecule is CCCCC(CCC)CNc1ccn([C@@H]2O[C@H](COC(=O)C(C)C)[C@@H](OC(=O)[C@@H](N)C(C)C)C2(F)F)c(=O)n1. The second kappa shape index (κ2) is 14.7. The number of carbonyl (C=O) groups is 2. The Kier molecular flexibility index (Phi) is 12.3. The van der Waals surface area contributed by atoms with E-state index in [1.807, 2.05) is 0 Å². The number of ether oxygens (including phenoxy) is 3. The molecule has 1 aliphatic heterocycles. The first kappa shape index (κ1) is 32.6. The van der Waals surface area contributed by atoms with Gasteiger partial charge < -0.3 is 25.3 Å². The molecule has 2 rings (SSSR count). The predicted octanol–water partition coefficient (Wildman–Crippen LogP) is 3.89. The van der Waals surface area contributed by atoms with Crippen molar-refractivity contribution in [2.75, 3.05) is 18.5 Å². The van der Waals surface area contributed by atoms with Crippen molar-refractivity contribution in [2.24, 2.45) is 23.5 Å². The van der Waals surface area contributed by atoms with Crippen LogP contribution in [0.5, 0.6) is 0 Å². The van der Waals surface area contributed by atoms with E-state index in [2.05, 4.69) is 24.1 Å². The van der Waals surface area contributed by atoms with Crippen LogP contribution in [0.2, 0.25) is 0 Å². The smallest absolute Gasteiger partial charge is 0.351 e. The first-order valence-corrected chi connectivity index (χ1v) is 13.8. The standard InChI is InChI=1S/C27H44F2N4O6/c1-7-9-11-18(10-8-2)14-31-20-12-13-33(26(36)32-20)25-27(28,29)22(39-24(35)21(30)16(3)4)19(38-25)15-37-23(34)17(5)6/h12-13,16-19,21-22,25H,7-11,14-15,30H2,1-6H3,(H,31,32,36)/t18?,19-,21+,22-,25-/m1/s1. The lowest BCUT2D eigenvalue weighted by Crippen LogP contribution is -2.48. The number of nitrogens with one attached hydrogen (secondary N) is 1. The Labute approximate surface area is 229 Å². The number of halogens is 2. The van der Waals surface area contributed by atoms with Crippen molar-refractivity contribution in [1.29, 1.82) is 0 Å². The zero-order chi connectivity index (χ0) is 29.3. The maximum absolute atomic E-state index is 15.7. The van der Waals surface area contributed by atoms with Crippen molar-refractivity contribution < 1.29 is 32.6 Å². The molecule has 0 radical (unpaired) electrons. The van der Waals surface area contributed by atoms with Crippen molar-refractivity contribution in [3.63, 3.8) is 0 Å². The summed E-state index contributed by atoms with van der Waals surface area (Å²) in [5.41, 5.74) is 4.83. The van der Waals surface area contributed by atoms with Gasteiger partial charge in [0.1, 0.15) is 24.6 Å². The summed E-state index contributed by atoms with van der Waals surface area (Å²) in [6.45, 7) is 10.7. The number of rotatable bonds is 15. The highest BCUT2D eigenvalue weighted by molar-refractivity contribution is 5.76. The summed E-state index contributed by atoms with van der Waals surface area (Å²) in [6, 6.07) is 0.271. The van der Waals surface area contributed by atoms with Crippen LogP contribution >= 0.6 is 0 Å². The molecule has 2 heterocycles. The van der Waals surface area contributed by atoms with Crippen molar-refractivity contribution in [1.82, 2.24) is 9.55 Å². The molecule has 222 valence electrons. The van der Waals surface area contributed by atoms with Crippen LogP contribution in [-0.4, -0.2) is 58.8 Å². The monoisotopic (exact) mass is 558 g/mol. The zero-order valence-electron chi connectivity index (χ0n) is 23.8. The van der Waals surface area contributed by atoms with Gasteiger partial charge in [0.25, 0.3) is 0 Å². The third-order valence-electron chi connectivity index (χ3n) is 6.76. The fourth-order valence-electron chi connectivity index (χ4n) is 4.24. The number of unbranched alkanes of at least 4 members (excludes halogenated alkanes) is 1. The fraction of sp³-hybridized carbons (Fsp3) is 0.778. The molecule has 1 unspecified atom stereocenters. The molecule has 1 aromatic rings. The lowest BCUT2D eigenvalue weighted by atomic mass is 9.97. The molecule has 10 nitrogen and oxygen atoms in total. The van der Waals surface area contributed by atoms with Crippen LogP contribution in [0.1, 0.15) is 79.9 Å². The summed E-state index contributed by atoms with van der Waals surface area (Å²) in [5.74, 6) is -5.74. The molecule has 39 heavy (non-hydrogen) atoms. The number of aromatic nitrogens is 2. The molecule has 1 saturated heterocycles. The Hall–Kier alpha value is -2.60. The van der Waals surface area contributed by atoms with Crippen molar-refractivity contribution in [3.05, 3.63) is 22.7 Å². The van der Waals surface area contributed by atoms with E-state index in [9.17, 15) is 14.4 Å². The molecular weight excluding hydrogens is 514 g/mol. The lowest BCUT2D eigenvalue weighted by Gasteiger charge is -2.26. The number of anilines is 1. The number of nitrogens with two attached hydrogens (primary N) is 1.